The van der Waals surface area contributed by atoms with E-state index in [0.717, 1.165) is 0 Å². The molecule has 0 aromatic heterocycles. The average Bonchev–Trinajstić information content (AvgIpc) is 1.50. The summed E-state index contributed by atoms with van der Waals surface area (Å²) < 4.78 is 15.8. The van der Waals surface area contributed by atoms with E-state index in [1.54, 1.807) is 0 Å². The van der Waals surface area contributed by atoms with Gasteiger partial charge in [0.2, 0.25) is 0 Å². The molecule has 0 spiro atoms. The van der Waals surface area contributed by atoms with Crippen LogP contribution in [0.25, 0.3) is 0 Å². The van der Waals surface area contributed by atoms with E-state index in [1.165, 1.54) is 0 Å². The van der Waals surface area contributed by atoms with Gasteiger partial charge in [0.05, 0.1) is 0 Å². The van der Waals surface area contributed by atoms with Gasteiger partial charge in [0.15, 0.2) is 0 Å². The first kappa shape index (κ1) is 27.6. The third kappa shape index (κ3) is 72.5. The van der Waals surface area contributed by atoms with Crippen LogP contribution < -0.4 is 0 Å². The summed E-state index contributed by atoms with van der Waals surface area (Å²) >= 11 is 4.94. The van der Waals surface area contributed by atoms with E-state index in [0.29, 0.717) is 0 Å². The van der Waals surface area contributed by atoms with Crippen molar-refractivity contribution in [1.29, 1.82) is 0 Å². The molecule has 1 radical (unpaired) electrons. The Kier molecular flexibility index (Phi) is 619. The quantitative estimate of drug-likeness (QED) is 0.523. The maximum absolute atomic E-state index is 7.94. The molecule has 0 amide bonds. The van der Waals surface area contributed by atoms with Gasteiger partial charge in [0.25, 0.3) is 0 Å². The van der Waals surface area contributed by atoms with E-state index in [2.05, 4.69) is 31.1 Å². The molecule has 0 aromatic rings. The summed E-state index contributed by atoms with van der Waals surface area (Å²) in [6, 6.07) is 0. The predicted molar refractivity (Wildman–Crippen MR) is 2.06 cm³/mol. The van der Waals surface area contributed by atoms with Gasteiger partial charge in [-0.05, 0) is 0 Å². The average molecular weight is 221 g/mol. The Morgan fingerprint density at radius 3 is 1.17 bits per heavy atom. The summed E-state index contributed by atoms with van der Waals surface area (Å²) in [5, 5.41) is 0. The zero-order valence-electron chi connectivity index (χ0n) is 2.25. The van der Waals surface area contributed by atoms with Crippen molar-refractivity contribution < 1.29 is 61.4 Å². The molecule has 0 rings (SSSR count). The van der Waals surface area contributed by atoms with Crippen molar-refractivity contribution in [2.24, 2.45) is 0 Å². The first-order valence-corrected chi connectivity index (χ1v) is 1.09. The van der Waals surface area contributed by atoms with Gasteiger partial charge in [0.1, 0.15) is 0 Å². The van der Waals surface area contributed by atoms with Crippen molar-refractivity contribution in [2.75, 3.05) is 0 Å². The molecular weight excluding hydrogens is 221 g/mol. The Labute approximate surface area is 61.4 Å². The molecule has 0 saturated carbocycles. The third-order valence-electron chi connectivity index (χ3n) is 0. The zero-order chi connectivity index (χ0) is 4.00. The molecular formula is CoMnNiO3. The van der Waals surface area contributed by atoms with Crippen LogP contribution in [-0.4, -0.2) is 0 Å². The van der Waals surface area contributed by atoms with Crippen LogP contribution in [0.2, 0.25) is 0 Å². The standard InChI is InChI=1S/Co.Mn.Ni.3O/q;+2;;;;-2. The number of rotatable bonds is 0. The van der Waals surface area contributed by atoms with E-state index in [-0.39, 0.29) is 22.5 Å². The van der Waals surface area contributed by atoms with Gasteiger partial charge in [0, 0.05) is 0 Å². The maximum atomic E-state index is 7.94. The van der Waals surface area contributed by atoms with Gasteiger partial charge in [-0.3, -0.25) is 0 Å². The van der Waals surface area contributed by atoms with Crippen LogP contribution in [-0.2, 0) is 61.4 Å². The van der Waals surface area contributed by atoms with Crippen LogP contribution in [0.1, 0.15) is 0 Å². The van der Waals surface area contributed by atoms with E-state index < -0.39 is 0 Å². The second-order valence-electron chi connectivity index (χ2n) is 0. The van der Waals surface area contributed by atoms with Crippen LogP contribution in [0.3, 0.4) is 0 Å². The molecule has 6 heteroatoms. The van der Waals surface area contributed by atoms with Crippen LogP contribution in [0.4, 0.5) is 0 Å². The molecule has 0 aromatic carbocycles. The van der Waals surface area contributed by atoms with E-state index in [4.69, 9.17) is 7.76 Å². The molecule has 0 bridgehead atoms. The summed E-state index contributed by atoms with van der Waals surface area (Å²) in [5.74, 6) is 0. The van der Waals surface area contributed by atoms with Gasteiger partial charge >= 0.3 is 55.9 Å². The normalized spacial score (nSPS) is 1.83. The summed E-state index contributed by atoms with van der Waals surface area (Å²) in [4.78, 5) is 0. The molecule has 0 atom stereocenters. The molecule has 0 heterocycles. The van der Waals surface area contributed by atoms with Gasteiger partial charge < -0.3 is 5.48 Å². The van der Waals surface area contributed by atoms with Crippen molar-refractivity contribution >= 4 is 0 Å². The Balaban J connectivity index is -0.00000000500. The molecule has 44 valence electrons. The Morgan fingerprint density at radius 1 is 1.17 bits per heavy atom. The minimum absolute atomic E-state index is 0. The molecule has 0 aliphatic heterocycles. The van der Waals surface area contributed by atoms with Crippen molar-refractivity contribution in [3.8, 4) is 0 Å². The van der Waals surface area contributed by atoms with Gasteiger partial charge in [-0.2, -0.15) is 0 Å². The summed E-state index contributed by atoms with van der Waals surface area (Å²) in [5.41, 5.74) is 0. The van der Waals surface area contributed by atoms with Crippen molar-refractivity contribution in [3.63, 3.8) is 0 Å². The SMILES string of the molecule is [Mn+2].[O-2].[O]=[Co].[O]=[Ni]. The number of hydrogen-bond acceptors (Lipinski definition) is 2. The first-order valence-electron chi connectivity index (χ1n) is 0.265. The fourth-order valence-corrected chi connectivity index (χ4v) is 0. The van der Waals surface area contributed by atoms with Crippen LogP contribution in [0.15, 0.2) is 0 Å². The molecule has 0 fully saturated rings. The topological polar surface area (TPSA) is 62.6 Å². The molecule has 3 nitrogen and oxygen atoms in total. The van der Waals surface area contributed by atoms with Crippen molar-refractivity contribution in [1.82, 2.24) is 0 Å². The number of hydrogen-bond donors (Lipinski definition) is 0. The second kappa shape index (κ2) is 135. The molecule has 0 aliphatic rings. The Bertz CT molecular complexity index is 12.8. The van der Waals surface area contributed by atoms with Crippen molar-refractivity contribution in [2.45, 2.75) is 0 Å². The fraction of sp³-hybridized carbons (Fsp3) is 0. The Hall–Kier alpha value is 1.08. The van der Waals surface area contributed by atoms with E-state index in [1.807, 2.05) is 0 Å². The monoisotopic (exact) mass is 220 g/mol. The predicted octanol–water partition coefficient (Wildman–Crippen LogP) is -0.364. The summed E-state index contributed by atoms with van der Waals surface area (Å²) in [7, 11) is 0. The third-order valence-corrected chi connectivity index (χ3v) is 0. The molecule has 0 unspecified atom stereocenters. The van der Waals surface area contributed by atoms with Crippen molar-refractivity contribution in [3.05, 3.63) is 0 Å². The molecule has 6 heavy (non-hydrogen) atoms. The van der Waals surface area contributed by atoms with E-state index in [9.17, 15) is 0 Å². The van der Waals surface area contributed by atoms with E-state index >= 15 is 0 Å². The van der Waals surface area contributed by atoms with Gasteiger partial charge in [-0.15, -0.1) is 0 Å². The Morgan fingerprint density at radius 2 is 1.17 bits per heavy atom. The van der Waals surface area contributed by atoms with Crippen LogP contribution in [0.5, 0.6) is 0 Å². The molecule has 0 aliphatic carbocycles. The second-order valence-corrected chi connectivity index (χ2v) is 0. The van der Waals surface area contributed by atoms with Crippen LogP contribution >= 0.6 is 0 Å². The fourth-order valence-electron chi connectivity index (χ4n) is 0. The molecule has 0 saturated heterocycles. The first-order chi connectivity index (χ1) is 2.00. The summed E-state index contributed by atoms with van der Waals surface area (Å²) in [6.45, 7) is 0. The van der Waals surface area contributed by atoms with Gasteiger partial charge in [-0.1, -0.05) is 0 Å². The zero-order valence-corrected chi connectivity index (χ0v) is 5.46. The molecule has 0 N–H and O–H groups in total. The summed E-state index contributed by atoms with van der Waals surface area (Å²) in [6.07, 6.45) is 0. The van der Waals surface area contributed by atoms with Gasteiger partial charge in [-0.25, -0.2) is 0 Å². The van der Waals surface area contributed by atoms with Crippen LogP contribution in [0, 0.1) is 0 Å². The minimum atomic E-state index is 0.